The highest BCUT2D eigenvalue weighted by atomic mass is 16.5. The summed E-state index contributed by atoms with van der Waals surface area (Å²) in [5, 5.41) is 0. The molecular weight excluding hydrogens is 254 g/mol. The van der Waals surface area contributed by atoms with Gasteiger partial charge in [0.2, 0.25) is 0 Å². The van der Waals surface area contributed by atoms with Crippen molar-refractivity contribution in [2.24, 2.45) is 5.41 Å². The summed E-state index contributed by atoms with van der Waals surface area (Å²) in [5.74, 6) is 1.56. The largest absolute Gasteiger partial charge is 0.469 e. The summed E-state index contributed by atoms with van der Waals surface area (Å²) in [5.41, 5.74) is -0.525. The molecule has 1 aromatic heterocycles. The summed E-state index contributed by atoms with van der Waals surface area (Å²) < 4.78 is 4.90. The van der Waals surface area contributed by atoms with Gasteiger partial charge in [0.15, 0.2) is 0 Å². The molecule has 0 aromatic carbocycles. The normalized spacial score (nSPS) is 22.9. The van der Waals surface area contributed by atoms with E-state index in [4.69, 9.17) is 4.74 Å². The topological polar surface area (TPSA) is 55.3 Å². The number of ether oxygens (including phenoxy) is 1. The number of carbonyl (C=O) groups is 1. The summed E-state index contributed by atoms with van der Waals surface area (Å²) in [7, 11) is 1.44. The van der Waals surface area contributed by atoms with E-state index >= 15 is 0 Å². The van der Waals surface area contributed by atoms with Crippen molar-refractivity contribution in [2.75, 3.05) is 25.1 Å². The molecule has 110 valence electrons. The van der Waals surface area contributed by atoms with Crippen molar-refractivity contribution in [3.63, 3.8) is 0 Å². The first-order valence-electron chi connectivity index (χ1n) is 6.93. The molecule has 1 atom stereocenters. The lowest BCUT2D eigenvalue weighted by Crippen LogP contribution is -2.33. The van der Waals surface area contributed by atoms with Crippen LogP contribution in [0.4, 0.5) is 5.82 Å². The fourth-order valence-corrected chi connectivity index (χ4v) is 2.46. The second-order valence-corrected chi connectivity index (χ2v) is 6.71. The van der Waals surface area contributed by atoms with Gasteiger partial charge in [0.05, 0.1) is 12.5 Å². The Balaban J connectivity index is 2.21. The molecule has 0 amide bonds. The van der Waals surface area contributed by atoms with Crippen LogP contribution < -0.4 is 4.90 Å². The van der Waals surface area contributed by atoms with Crippen LogP contribution in [0.5, 0.6) is 0 Å². The summed E-state index contributed by atoms with van der Waals surface area (Å²) in [6.45, 7) is 9.68. The molecule has 1 aromatic rings. The van der Waals surface area contributed by atoms with Crippen molar-refractivity contribution in [3.05, 3.63) is 18.1 Å². The van der Waals surface area contributed by atoms with Crippen molar-refractivity contribution < 1.29 is 9.53 Å². The van der Waals surface area contributed by atoms with E-state index in [1.807, 2.05) is 13.0 Å². The first-order valence-corrected chi connectivity index (χ1v) is 6.93. The predicted octanol–water partition coefficient (Wildman–Crippen LogP) is 2.16. The maximum atomic E-state index is 11.9. The van der Waals surface area contributed by atoms with Gasteiger partial charge in [-0.05, 0) is 19.4 Å². The lowest BCUT2D eigenvalue weighted by molar-refractivity contribution is -0.150. The van der Waals surface area contributed by atoms with Crippen LogP contribution in [-0.4, -0.2) is 36.1 Å². The molecule has 20 heavy (non-hydrogen) atoms. The Bertz CT molecular complexity index is 510. The minimum absolute atomic E-state index is 0.0820. The second kappa shape index (κ2) is 5.04. The summed E-state index contributed by atoms with van der Waals surface area (Å²) in [6.07, 6.45) is 2.57. The van der Waals surface area contributed by atoms with Gasteiger partial charge in [0.1, 0.15) is 11.6 Å². The Morgan fingerprint density at radius 3 is 2.75 bits per heavy atom. The summed E-state index contributed by atoms with van der Waals surface area (Å²) in [4.78, 5) is 23.0. The summed E-state index contributed by atoms with van der Waals surface area (Å²) in [6, 6.07) is 1.90. The third-order valence-corrected chi connectivity index (χ3v) is 3.79. The van der Waals surface area contributed by atoms with Gasteiger partial charge in [-0.15, -0.1) is 0 Å². The molecule has 5 heteroatoms. The van der Waals surface area contributed by atoms with Crippen LogP contribution in [0.2, 0.25) is 0 Å². The van der Waals surface area contributed by atoms with E-state index in [1.54, 1.807) is 6.20 Å². The number of hydrogen-bond donors (Lipinski definition) is 0. The van der Waals surface area contributed by atoms with Crippen molar-refractivity contribution in [1.29, 1.82) is 0 Å². The van der Waals surface area contributed by atoms with Crippen LogP contribution in [0.15, 0.2) is 12.3 Å². The lowest BCUT2D eigenvalue weighted by atomic mass is 9.90. The van der Waals surface area contributed by atoms with Gasteiger partial charge >= 0.3 is 5.97 Å². The zero-order chi connectivity index (χ0) is 15.0. The predicted molar refractivity (Wildman–Crippen MR) is 77.7 cm³/mol. The first kappa shape index (κ1) is 14.8. The SMILES string of the molecule is COC(=O)C1(C)CCN(c2ccnc(C(C)(C)C)n2)C1. The highest BCUT2D eigenvalue weighted by Crippen LogP contribution is 2.33. The quantitative estimate of drug-likeness (QED) is 0.775. The van der Waals surface area contributed by atoms with Gasteiger partial charge in [-0.1, -0.05) is 20.8 Å². The van der Waals surface area contributed by atoms with E-state index in [9.17, 15) is 4.79 Å². The Labute approximate surface area is 120 Å². The van der Waals surface area contributed by atoms with E-state index in [-0.39, 0.29) is 11.4 Å². The number of esters is 1. The molecule has 0 aliphatic carbocycles. The molecule has 5 nitrogen and oxygen atoms in total. The van der Waals surface area contributed by atoms with Crippen LogP contribution in [-0.2, 0) is 14.9 Å². The third-order valence-electron chi connectivity index (χ3n) is 3.79. The van der Waals surface area contributed by atoms with E-state index in [1.165, 1.54) is 7.11 Å². The summed E-state index contributed by atoms with van der Waals surface area (Å²) >= 11 is 0. The van der Waals surface area contributed by atoms with Gasteiger partial charge in [-0.2, -0.15) is 0 Å². The Morgan fingerprint density at radius 2 is 2.15 bits per heavy atom. The highest BCUT2D eigenvalue weighted by Gasteiger charge is 2.42. The lowest BCUT2D eigenvalue weighted by Gasteiger charge is -2.24. The maximum Gasteiger partial charge on any atom is 0.313 e. The third kappa shape index (κ3) is 2.76. The smallest absolute Gasteiger partial charge is 0.313 e. The van der Waals surface area contributed by atoms with Crippen molar-refractivity contribution >= 4 is 11.8 Å². The minimum atomic E-state index is -0.443. The second-order valence-electron chi connectivity index (χ2n) is 6.71. The molecule has 1 aliphatic heterocycles. The van der Waals surface area contributed by atoms with Crippen LogP contribution in [0.25, 0.3) is 0 Å². The van der Waals surface area contributed by atoms with Crippen LogP contribution in [0.3, 0.4) is 0 Å². The molecule has 0 N–H and O–H groups in total. The maximum absolute atomic E-state index is 11.9. The van der Waals surface area contributed by atoms with Gasteiger partial charge in [-0.25, -0.2) is 9.97 Å². The van der Waals surface area contributed by atoms with Crippen LogP contribution in [0.1, 0.15) is 39.9 Å². The fraction of sp³-hybridized carbons (Fsp3) is 0.667. The molecule has 0 spiro atoms. The van der Waals surface area contributed by atoms with Crippen molar-refractivity contribution in [2.45, 2.75) is 39.5 Å². The number of anilines is 1. The molecule has 2 heterocycles. The monoisotopic (exact) mass is 277 g/mol. The molecular formula is C15H23N3O2. The molecule has 1 unspecified atom stereocenters. The van der Waals surface area contributed by atoms with Gasteiger partial charge in [0, 0.05) is 24.7 Å². The average molecular weight is 277 g/mol. The standard InChI is InChI=1S/C15H23N3O2/c1-14(2,3)12-16-8-6-11(17-12)18-9-7-15(4,10-18)13(19)20-5/h6,8H,7,9-10H2,1-5H3. The zero-order valence-electron chi connectivity index (χ0n) is 12.9. The van der Waals surface area contributed by atoms with Gasteiger partial charge in [0.25, 0.3) is 0 Å². The fourth-order valence-electron chi connectivity index (χ4n) is 2.46. The number of rotatable bonds is 2. The number of carbonyl (C=O) groups excluding carboxylic acids is 1. The molecule has 0 bridgehead atoms. The molecule has 1 fully saturated rings. The highest BCUT2D eigenvalue weighted by molar-refractivity contribution is 5.78. The van der Waals surface area contributed by atoms with Crippen LogP contribution in [0, 0.1) is 5.41 Å². The number of nitrogens with zero attached hydrogens (tertiary/aromatic N) is 3. The first-order chi connectivity index (χ1) is 9.26. The zero-order valence-corrected chi connectivity index (χ0v) is 12.9. The van der Waals surface area contributed by atoms with E-state index in [2.05, 4.69) is 35.6 Å². The molecule has 1 saturated heterocycles. The van der Waals surface area contributed by atoms with Crippen molar-refractivity contribution in [1.82, 2.24) is 9.97 Å². The Morgan fingerprint density at radius 1 is 1.45 bits per heavy atom. The Kier molecular flexibility index (Phi) is 3.71. The minimum Gasteiger partial charge on any atom is -0.469 e. The van der Waals surface area contributed by atoms with E-state index in [0.717, 1.165) is 24.6 Å². The Hall–Kier alpha value is -1.65. The van der Waals surface area contributed by atoms with Crippen LogP contribution >= 0.6 is 0 Å². The number of aromatic nitrogens is 2. The average Bonchev–Trinajstić information content (AvgIpc) is 2.81. The molecule has 0 saturated carbocycles. The van der Waals surface area contributed by atoms with Gasteiger partial charge < -0.3 is 9.64 Å². The molecule has 0 radical (unpaired) electrons. The van der Waals surface area contributed by atoms with Gasteiger partial charge in [-0.3, -0.25) is 4.79 Å². The number of methoxy groups -OCH3 is 1. The van der Waals surface area contributed by atoms with Crippen molar-refractivity contribution in [3.8, 4) is 0 Å². The van der Waals surface area contributed by atoms with E-state index < -0.39 is 5.41 Å². The number of hydrogen-bond acceptors (Lipinski definition) is 5. The van der Waals surface area contributed by atoms with E-state index in [0.29, 0.717) is 6.54 Å². The molecule has 2 rings (SSSR count). The molecule has 1 aliphatic rings.